The number of hydrogen-bond donors (Lipinski definition) is 3. The van der Waals surface area contributed by atoms with Crippen LogP contribution in [-0.4, -0.2) is 54.3 Å². The highest BCUT2D eigenvalue weighted by Gasteiger charge is 2.81. The summed E-state index contributed by atoms with van der Waals surface area (Å²) < 4.78 is 17.7. The second kappa shape index (κ2) is 7.04. The molecule has 2 saturated carbocycles. The molecule has 2 aliphatic heterocycles. The Bertz CT molecular complexity index is 1280. The van der Waals surface area contributed by atoms with Crippen molar-refractivity contribution in [2.45, 2.75) is 48.4 Å². The highest BCUT2D eigenvalue weighted by molar-refractivity contribution is 7.97. The predicted molar refractivity (Wildman–Crippen MR) is 119 cm³/mol. The number of aromatic nitrogens is 2. The second-order valence-electron chi connectivity index (χ2n) is 8.98. The molecule has 4 heterocycles. The topological polar surface area (TPSA) is 114 Å². The van der Waals surface area contributed by atoms with Crippen molar-refractivity contribution in [3.63, 3.8) is 0 Å². The van der Waals surface area contributed by atoms with Gasteiger partial charge in [-0.1, -0.05) is 17.7 Å². The number of fused-ring (bicyclic) bond motifs is 1. The van der Waals surface area contributed by atoms with Gasteiger partial charge in [0.25, 0.3) is 5.91 Å². The Hall–Kier alpha value is -2.42. The number of hydrogen-bond acceptors (Lipinski definition) is 7. The normalized spacial score (nSPS) is 30.9. The Kier molecular flexibility index (Phi) is 4.51. The Morgan fingerprint density at radius 2 is 2.27 bits per heavy atom. The van der Waals surface area contributed by atoms with Crippen molar-refractivity contribution >= 4 is 41.2 Å². The summed E-state index contributed by atoms with van der Waals surface area (Å²) in [6, 6.07) is 4.43. The first kappa shape index (κ1) is 21.1. The Morgan fingerprint density at radius 3 is 2.94 bits per heavy atom. The molecule has 8 nitrogen and oxygen atoms in total. The summed E-state index contributed by atoms with van der Waals surface area (Å²) in [5.74, 6) is -1.37. The molecule has 2 aliphatic carbocycles. The number of nitriles is 1. The molecule has 11 heteroatoms. The van der Waals surface area contributed by atoms with Crippen molar-refractivity contribution in [3.05, 3.63) is 46.3 Å². The van der Waals surface area contributed by atoms with Gasteiger partial charge in [0.1, 0.15) is 17.5 Å². The van der Waals surface area contributed by atoms with Crippen LogP contribution in [0.1, 0.15) is 41.1 Å². The van der Waals surface area contributed by atoms with E-state index in [1.54, 1.807) is 10.6 Å². The van der Waals surface area contributed by atoms with Crippen molar-refractivity contribution in [2.75, 3.05) is 11.9 Å². The van der Waals surface area contributed by atoms with E-state index < -0.39 is 17.5 Å². The van der Waals surface area contributed by atoms with Crippen molar-refractivity contribution in [1.29, 1.82) is 5.26 Å². The average molecular weight is 488 g/mol. The van der Waals surface area contributed by atoms with Gasteiger partial charge in [-0.05, 0) is 43.4 Å². The van der Waals surface area contributed by atoms with Crippen LogP contribution in [0.2, 0.25) is 5.02 Å². The number of aliphatic hydroxyl groups is 2. The zero-order valence-corrected chi connectivity index (χ0v) is 18.8. The Balaban J connectivity index is 1.28. The van der Waals surface area contributed by atoms with E-state index in [4.69, 9.17) is 16.9 Å². The van der Waals surface area contributed by atoms with Gasteiger partial charge >= 0.3 is 0 Å². The first-order valence-electron chi connectivity index (χ1n) is 10.6. The maximum absolute atomic E-state index is 13.7. The highest BCUT2D eigenvalue weighted by atomic mass is 35.5. The lowest BCUT2D eigenvalue weighted by Crippen LogP contribution is -2.90. The minimum Gasteiger partial charge on any atom is -0.393 e. The first-order valence-corrected chi connectivity index (χ1v) is 11.8. The molecule has 3 N–H and O–H groups in total. The number of nitrogens with one attached hydrogen (secondary N) is 1. The third-order valence-electron chi connectivity index (χ3n) is 7.64. The van der Waals surface area contributed by atoms with E-state index in [2.05, 4.69) is 14.6 Å². The third kappa shape index (κ3) is 2.63. The molecule has 1 amide bonds. The standard InChI is InChI=1S/C22H19ClFN5O3S/c23-17-18(20(31)27-11-6-12(9-25)26-16(24)7-11)28-5-1-2-13(28)19(17)33-29-14-3-4-22(14)15(29)8-21(22,32)10-30/h1-2,6-7,14-15,30,32H,3-5,8,10H2,(H,26,27,31). The minimum absolute atomic E-state index is 0.121. The Labute approximate surface area is 197 Å². The van der Waals surface area contributed by atoms with E-state index >= 15 is 0 Å². The van der Waals surface area contributed by atoms with Crippen molar-refractivity contribution in [3.8, 4) is 6.07 Å². The number of allylic oxidation sites excluding steroid dienone is 1. The van der Waals surface area contributed by atoms with E-state index in [1.165, 1.54) is 18.0 Å². The van der Waals surface area contributed by atoms with Crippen LogP contribution in [0.15, 0.2) is 23.1 Å². The van der Waals surface area contributed by atoms with Crippen molar-refractivity contribution in [1.82, 2.24) is 13.9 Å². The van der Waals surface area contributed by atoms with Crippen molar-refractivity contribution < 1.29 is 19.4 Å². The summed E-state index contributed by atoms with van der Waals surface area (Å²) in [6.07, 6.45) is 6.21. The van der Waals surface area contributed by atoms with Crippen molar-refractivity contribution in [2.24, 2.45) is 5.41 Å². The molecule has 33 heavy (non-hydrogen) atoms. The number of rotatable bonds is 5. The zero-order chi connectivity index (χ0) is 23.1. The summed E-state index contributed by atoms with van der Waals surface area (Å²) in [5.41, 5.74) is -0.171. The van der Waals surface area contributed by atoms with Gasteiger partial charge in [0.05, 0.1) is 27.8 Å². The van der Waals surface area contributed by atoms with Gasteiger partial charge in [0.2, 0.25) is 5.95 Å². The fraction of sp³-hybridized carbons (Fsp3) is 0.409. The molecule has 4 unspecified atom stereocenters. The van der Waals surface area contributed by atoms with Gasteiger partial charge < -0.3 is 20.1 Å². The summed E-state index contributed by atoms with van der Waals surface area (Å²) in [6.45, 7) is 0.255. The number of halogens is 2. The van der Waals surface area contributed by atoms with Gasteiger partial charge in [0, 0.05) is 35.8 Å². The molecular weight excluding hydrogens is 469 g/mol. The highest BCUT2D eigenvalue weighted by Crippen LogP contribution is 2.74. The third-order valence-corrected chi connectivity index (χ3v) is 9.43. The van der Waals surface area contributed by atoms with Crippen LogP contribution in [0, 0.1) is 22.7 Å². The zero-order valence-electron chi connectivity index (χ0n) is 17.3. The fourth-order valence-corrected chi connectivity index (χ4v) is 7.83. The number of anilines is 1. The number of piperidine rings is 2. The van der Waals surface area contributed by atoms with E-state index in [1.807, 2.05) is 12.2 Å². The predicted octanol–water partition coefficient (Wildman–Crippen LogP) is 2.79. The number of aliphatic hydroxyl groups excluding tert-OH is 1. The lowest BCUT2D eigenvalue weighted by molar-refractivity contribution is -0.348. The van der Waals surface area contributed by atoms with E-state index in [-0.39, 0.29) is 41.2 Å². The molecule has 4 aliphatic rings. The van der Waals surface area contributed by atoms with Gasteiger partial charge in [0.15, 0.2) is 0 Å². The summed E-state index contributed by atoms with van der Waals surface area (Å²) >= 11 is 8.21. The lowest BCUT2D eigenvalue weighted by atomic mass is 9.37. The molecule has 170 valence electrons. The molecule has 3 fully saturated rings. The molecule has 2 aromatic heterocycles. The Morgan fingerprint density at radius 1 is 1.45 bits per heavy atom. The molecule has 1 saturated heterocycles. The minimum atomic E-state index is -1.00. The lowest BCUT2D eigenvalue weighted by Gasteiger charge is -2.81. The van der Waals surface area contributed by atoms with Crippen LogP contribution >= 0.6 is 23.5 Å². The van der Waals surface area contributed by atoms with Crippen LogP contribution in [0.3, 0.4) is 0 Å². The van der Waals surface area contributed by atoms with Gasteiger partial charge in [-0.2, -0.15) is 9.65 Å². The number of nitrogens with zero attached hydrogens (tertiary/aromatic N) is 4. The molecule has 4 atom stereocenters. The molecule has 2 aromatic rings. The van der Waals surface area contributed by atoms with Crippen LogP contribution < -0.4 is 5.32 Å². The molecule has 0 bridgehead atoms. The number of carbonyl (C=O) groups excluding carboxylic acids is 1. The van der Waals surface area contributed by atoms with Gasteiger partial charge in [-0.25, -0.2) is 9.29 Å². The van der Waals surface area contributed by atoms with E-state index in [9.17, 15) is 19.4 Å². The first-order chi connectivity index (χ1) is 15.8. The molecular formula is C22H19ClFN5O3S. The monoisotopic (exact) mass is 487 g/mol. The van der Waals surface area contributed by atoms with E-state index in [0.29, 0.717) is 18.0 Å². The summed E-state index contributed by atoms with van der Waals surface area (Å²) in [4.78, 5) is 17.3. The molecule has 0 aromatic carbocycles. The van der Waals surface area contributed by atoms with E-state index in [0.717, 1.165) is 29.5 Å². The molecule has 0 radical (unpaired) electrons. The van der Waals surface area contributed by atoms with Crippen LogP contribution in [0.25, 0.3) is 6.08 Å². The SMILES string of the molecule is N#Cc1cc(NC(=O)c2c(Cl)c(SN3C4CCC45C3CC5(O)CO)c3n2CC=C3)cc(F)n1. The van der Waals surface area contributed by atoms with Crippen LogP contribution in [0.5, 0.6) is 0 Å². The van der Waals surface area contributed by atoms with Gasteiger partial charge in [-0.3, -0.25) is 4.79 Å². The number of pyridine rings is 1. The largest absolute Gasteiger partial charge is 0.393 e. The summed E-state index contributed by atoms with van der Waals surface area (Å²) in [7, 11) is 0. The molecule has 1 spiro atoms. The number of carbonyl (C=O) groups is 1. The number of amides is 1. The summed E-state index contributed by atoms with van der Waals surface area (Å²) in [5, 5.41) is 32.3. The smallest absolute Gasteiger partial charge is 0.273 e. The maximum Gasteiger partial charge on any atom is 0.273 e. The van der Waals surface area contributed by atoms with Gasteiger partial charge in [-0.15, -0.1) is 0 Å². The van der Waals surface area contributed by atoms with Crippen LogP contribution in [0.4, 0.5) is 10.1 Å². The maximum atomic E-state index is 13.7. The average Bonchev–Trinajstić information content (AvgIpc) is 3.31. The molecule has 6 rings (SSSR count). The quantitative estimate of drug-likeness (QED) is 0.439. The second-order valence-corrected chi connectivity index (χ2v) is 10.4. The fourth-order valence-electron chi connectivity index (χ4n) is 5.97. The van der Waals surface area contributed by atoms with Crippen LogP contribution in [-0.2, 0) is 6.54 Å².